The van der Waals surface area contributed by atoms with Crippen LogP contribution in [0, 0.1) is 5.92 Å². The van der Waals surface area contributed by atoms with Crippen LogP contribution in [0.2, 0.25) is 0 Å². The molecular formula is C21H21N5O3S. The molecule has 0 saturated carbocycles. The van der Waals surface area contributed by atoms with Crippen LogP contribution >= 0.6 is 11.3 Å². The van der Waals surface area contributed by atoms with Crippen LogP contribution in [0.15, 0.2) is 24.7 Å². The zero-order valence-electron chi connectivity index (χ0n) is 16.6. The molecule has 1 atom stereocenters. The Morgan fingerprint density at radius 1 is 1.37 bits per heavy atom. The molecule has 0 radical (unpaired) electrons. The van der Waals surface area contributed by atoms with Gasteiger partial charge in [0.15, 0.2) is 0 Å². The van der Waals surface area contributed by atoms with Crippen molar-refractivity contribution in [3.8, 4) is 5.75 Å². The van der Waals surface area contributed by atoms with E-state index in [4.69, 9.17) is 4.74 Å². The second-order valence-electron chi connectivity index (χ2n) is 7.78. The lowest BCUT2D eigenvalue weighted by atomic mass is 9.88. The van der Waals surface area contributed by atoms with Gasteiger partial charge in [-0.3, -0.25) is 9.89 Å². The topological polar surface area (TPSA) is 113 Å². The number of thiophene rings is 1. The van der Waals surface area contributed by atoms with E-state index in [0.29, 0.717) is 30.8 Å². The van der Waals surface area contributed by atoms with Gasteiger partial charge >= 0.3 is 5.97 Å². The number of nitrogens with zero attached hydrogens (tertiary/aromatic N) is 3. The van der Waals surface area contributed by atoms with Gasteiger partial charge in [-0.05, 0) is 44.7 Å². The van der Waals surface area contributed by atoms with Gasteiger partial charge in [0.05, 0.1) is 34.8 Å². The maximum absolute atomic E-state index is 11.4. The molecule has 0 unspecified atom stereocenters. The minimum absolute atomic E-state index is 0.0122. The third kappa shape index (κ3) is 3.24. The molecule has 0 aliphatic heterocycles. The number of aryl methyl sites for hydroxylation is 1. The summed E-state index contributed by atoms with van der Waals surface area (Å²) in [4.78, 5) is 22.4. The van der Waals surface area contributed by atoms with Crippen LogP contribution in [0.5, 0.6) is 5.75 Å². The molecule has 1 aliphatic rings. The van der Waals surface area contributed by atoms with Gasteiger partial charge in [-0.15, -0.1) is 11.3 Å². The van der Waals surface area contributed by atoms with Crippen molar-refractivity contribution in [3.63, 3.8) is 0 Å². The van der Waals surface area contributed by atoms with Crippen LogP contribution in [0.3, 0.4) is 0 Å². The number of benzene rings is 1. The van der Waals surface area contributed by atoms with E-state index in [9.17, 15) is 9.90 Å². The molecule has 3 heterocycles. The van der Waals surface area contributed by atoms with Crippen molar-refractivity contribution >= 4 is 49.9 Å². The lowest BCUT2D eigenvalue weighted by Crippen LogP contribution is -2.21. The largest absolute Gasteiger partial charge is 0.489 e. The number of hydrogen-bond donors (Lipinski definition) is 3. The third-order valence-electron chi connectivity index (χ3n) is 5.35. The first-order valence-corrected chi connectivity index (χ1v) is 10.7. The smallest absolute Gasteiger partial charge is 0.306 e. The monoisotopic (exact) mass is 423 g/mol. The van der Waals surface area contributed by atoms with Gasteiger partial charge < -0.3 is 15.2 Å². The molecule has 8 nitrogen and oxygen atoms in total. The van der Waals surface area contributed by atoms with E-state index in [1.807, 2.05) is 26.0 Å². The highest BCUT2D eigenvalue weighted by atomic mass is 32.1. The van der Waals surface area contributed by atoms with E-state index in [1.165, 1.54) is 0 Å². The minimum Gasteiger partial charge on any atom is -0.489 e. The normalized spacial score (nSPS) is 16.2. The molecule has 30 heavy (non-hydrogen) atoms. The predicted octanol–water partition coefficient (Wildman–Crippen LogP) is 4.29. The number of rotatable bonds is 5. The summed E-state index contributed by atoms with van der Waals surface area (Å²) in [7, 11) is 0. The molecule has 154 valence electrons. The first-order valence-electron chi connectivity index (χ1n) is 9.88. The van der Waals surface area contributed by atoms with Crippen LogP contribution in [0.1, 0.15) is 30.7 Å². The quantitative estimate of drug-likeness (QED) is 0.439. The Morgan fingerprint density at radius 3 is 3.03 bits per heavy atom. The Bertz CT molecular complexity index is 1260. The summed E-state index contributed by atoms with van der Waals surface area (Å²) in [5.41, 5.74) is 2.86. The number of hydrogen-bond acceptors (Lipinski definition) is 7. The average Bonchev–Trinajstić information content (AvgIpc) is 3.31. The van der Waals surface area contributed by atoms with Crippen LogP contribution in [-0.4, -0.2) is 37.3 Å². The van der Waals surface area contributed by atoms with Crippen LogP contribution in [0.4, 0.5) is 11.5 Å². The first kappa shape index (κ1) is 18.8. The summed E-state index contributed by atoms with van der Waals surface area (Å²) in [6.45, 7) is 3.97. The number of aromatic nitrogens is 4. The number of carbonyl (C=O) groups is 1. The van der Waals surface area contributed by atoms with Crippen molar-refractivity contribution in [2.75, 3.05) is 5.32 Å². The third-order valence-corrected chi connectivity index (χ3v) is 6.51. The number of aliphatic carboxylic acids is 1. The molecule has 3 N–H and O–H groups in total. The number of fused-ring (bicyclic) bond motifs is 4. The van der Waals surface area contributed by atoms with Gasteiger partial charge in [0.2, 0.25) is 0 Å². The Balaban J connectivity index is 1.59. The van der Waals surface area contributed by atoms with Crippen molar-refractivity contribution in [3.05, 3.63) is 35.1 Å². The highest BCUT2D eigenvalue weighted by molar-refractivity contribution is 7.19. The summed E-state index contributed by atoms with van der Waals surface area (Å²) in [6, 6.07) is 3.92. The molecule has 9 heteroatoms. The van der Waals surface area contributed by atoms with Gasteiger partial charge in [-0.2, -0.15) is 5.10 Å². The summed E-state index contributed by atoms with van der Waals surface area (Å²) in [5.74, 6) is 0.363. The lowest BCUT2D eigenvalue weighted by Gasteiger charge is -2.19. The maximum Gasteiger partial charge on any atom is 0.306 e. The van der Waals surface area contributed by atoms with Crippen molar-refractivity contribution in [2.24, 2.45) is 5.92 Å². The highest BCUT2D eigenvalue weighted by Crippen LogP contribution is 2.41. The Morgan fingerprint density at radius 2 is 2.23 bits per heavy atom. The Labute approximate surface area is 176 Å². The second-order valence-corrected chi connectivity index (χ2v) is 8.87. The summed E-state index contributed by atoms with van der Waals surface area (Å²) < 4.78 is 6.03. The molecular weight excluding hydrogens is 402 g/mol. The van der Waals surface area contributed by atoms with Gasteiger partial charge in [0, 0.05) is 16.3 Å². The molecule has 4 aromatic rings. The Kier molecular flexibility index (Phi) is 4.54. The summed E-state index contributed by atoms with van der Waals surface area (Å²) in [6.07, 6.45) is 5.22. The summed E-state index contributed by atoms with van der Waals surface area (Å²) in [5, 5.41) is 21.9. The van der Waals surface area contributed by atoms with E-state index < -0.39 is 5.97 Å². The minimum atomic E-state index is -0.730. The number of carboxylic acid groups (broad SMARTS) is 1. The SMILES string of the molecule is CC(C)Oc1cc2[nH]ncc2cc1Nc1ncnc2sc3c(c12)CC[C@H](C(=O)O)C3. The standard InChI is InChI=1S/C21H21N5O3S/c1-10(2)29-16-7-14-12(8-24-26-14)5-15(16)25-19-18-13-4-3-11(21(27)28)6-17(13)30-20(18)23-9-22-19/h5,7-11H,3-4,6H2,1-2H3,(H,24,26)(H,27,28)(H,22,23,25)/t11-/m0/s1. The zero-order chi connectivity index (χ0) is 20.8. The fourth-order valence-electron chi connectivity index (χ4n) is 3.96. The molecule has 0 amide bonds. The van der Waals surface area contributed by atoms with Gasteiger partial charge in [0.25, 0.3) is 0 Å². The maximum atomic E-state index is 11.4. The van der Waals surface area contributed by atoms with Gasteiger partial charge in [0.1, 0.15) is 22.7 Å². The van der Waals surface area contributed by atoms with Crippen molar-refractivity contribution in [1.82, 2.24) is 20.2 Å². The molecule has 0 fully saturated rings. The molecule has 0 bridgehead atoms. The molecule has 3 aromatic heterocycles. The van der Waals surface area contributed by atoms with E-state index in [2.05, 4.69) is 25.5 Å². The van der Waals surface area contributed by atoms with E-state index in [1.54, 1.807) is 23.9 Å². The number of H-pyrrole nitrogens is 1. The number of carboxylic acids is 1. The number of nitrogens with one attached hydrogen (secondary N) is 2. The highest BCUT2D eigenvalue weighted by Gasteiger charge is 2.29. The van der Waals surface area contributed by atoms with E-state index in [-0.39, 0.29) is 12.0 Å². The molecule has 5 rings (SSSR count). The number of anilines is 2. The fraction of sp³-hybridized carbons (Fsp3) is 0.333. The predicted molar refractivity (Wildman–Crippen MR) is 116 cm³/mol. The first-order chi connectivity index (χ1) is 14.5. The van der Waals surface area contributed by atoms with E-state index >= 15 is 0 Å². The number of ether oxygens (including phenoxy) is 1. The molecule has 0 spiro atoms. The van der Waals surface area contributed by atoms with Gasteiger partial charge in [-0.1, -0.05) is 0 Å². The van der Waals surface area contributed by atoms with Crippen LogP contribution < -0.4 is 10.1 Å². The lowest BCUT2D eigenvalue weighted by molar-refractivity contribution is -0.142. The average molecular weight is 423 g/mol. The molecule has 1 aromatic carbocycles. The zero-order valence-corrected chi connectivity index (χ0v) is 17.4. The fourth-order valence-corrected chi connectivity index (χ4v) is 5.23. The number of aromatic amines is 1. The van der Waals surface area contributed by atoms with Crippen LogP contribution in [-0.2, 0) is 17.6 Å². The summed E-state index contributed by atoms with van der Waals surface area (Å²) >= 11 is 1.56. The van der Waals surface area contributed by atoms with Crippen molar-refractivity contribution < 1.29 is 14.6 Å². The van der Waals surface area contributed by atoms with Crippen LogP contribution in [0.25, 0.3) is 21.1 Å². The molecule has 1 aliphatic carbocycles. The van der Waals surface area contributed by atoms with Crippen molar-refractivity contribution in [2.45, 2.75) is 39.2 Å². The second kappa shape index (κ2) is 7.24. The van der Waals surface area contributed by atoms with Crippen molar-refractivity contribution in [1.29, 1.82) is 0 Å². The van der Waals surface area contributed by atoms with Gasteiger partial charge in [-0.25, -0.2) is 9.97 Å². The Hall–Kier alpha value is -3.20. The van der Waals surface area contributed by atoms with E-state index in [0.717, 1.165) is 37.2 Å². The molecule has 0 saturated heterocycles.